The Balaban J connectivity index is 2.82. The highest BCUT2D eigenvalue weighted by Crippen LogP contribution is 2.12. The normalized spacial score (nSPS) is 11.0. The second-order valence-electron chi connectivity index (χ2n) is 3.17. The molecule has 0 aromatic heterocycles. The number of nitro benzene ring substituents is 1. The quantitative estimate of drug-likeness (QED) is 0.271. The van der Waals surface area contributed by atoms with E-state index < -0.39 is 10.9 Å². The molecule has 2 N–H and O–H groups in total. The summed E-state index contributed by atoms with van der Waals surface area (Å²) >= 11 is 0. The number of carbonyl (C=O) groups excluding carboxylic acids is 1. The van der Waals surface area contributed by atoms with Gasteiger partial charge in [-0.25, -0.2) is 4.79 Å². The summed E-state index contributed by atoms with van der Waals surface area (Å²) in [5, 5.41) is 13.8. The third-order valence-electron chi connectivity index (χ3n) is 2.10. The molecule has 0 radical (unpaired) electrons. The van der Waals surface area contributed by atoms with Crippen LogP contribution in [0, 0.1) is 10.1 Å². The highest BCUT2D eigenvalue weighted by molar-refractivity contribution is 6.36. The largest absolute Gasteiger partial charge is 0.464 e. The Morgan fingerprint density at radius 3 is 2.47 bits per heavy atom. The van der Waals surface area contributed by atoms with Crippen molar-refractivity contribution in [3.63, 3.8) is 0 Å². The number of benzene rings is 1. The maximum Gasteiger partial charge on any atom is 0.354 e. The van der Waals surface area contributed by atoms with Gasteiger partial charge in [0, 0.05) is 18.6 Å². The van der Waals surface area contributed by atoms with E-state index in [1.807, 2.05) is 0 Å². The molecule has 7 nitrogen and oxygen atoms in total. The third kappa shape index (κ3) is 3.26. The van der Waals surface area contributed by atoms with Gasteiger partial charge in [-0.3, -0.25) is 10.1 Å². The standard InChI is InChI=1S/C10H11N3O4/c1-17-10(14)9(12-11)6-7-2-4-8(5-3-7)13(15)16/h2-5H,6,11H2,1H3/b12-9-. The van der Waals surface area contributed by atoms with Gasteiger partial charge in [0.2, 0.25) is 0 Å². The van der Waals surface area contributed by atoms with Crippen molar-refractivity contribution in [2.75, 3.05) is 7.11 Å². The number of carbonyl (C=O) groups is 1. The molecule has 1 aromatic carbocycles. The number of ether oxygens (including phenoxy) is 1. The van der Waals surface area contributed by atoms with Crippen molar-refractivity contribution in [1.29, 1.82) is 0 Å². The van der Waals surface area contributed by atoms with Gasteiger partial charge in [-0.05, 0) is 5.56 Å². The molecule has 0 fully saturated rings. The summed E-state index contributed by atoms with van der Waals surface area (Å²) in [5.74, 6) is 4.43. The molecule has 17 heavy (non-hydrogen) atoms. The Bertz CT molecular complexity index is 453. The van der Waals surface area contributed by atoms with Gasteiger partial charge in [0.25, 0.3) is 5.69 Å². The van der Waals surface area contributed by atoms with E-state index >= 15 is 0 Å². The molecular formula is C10H11N3O4. The van der Waals surface area contributed by atoms with Crippen LogP contribution in [0.4, 0.5) is 5.69 Å². The van der Waals surface area contributed by atoms with Crippen LogP contribution >= 0.6 is 0 Å². The first-order valence-corrected chi connectivity index (χ1v) is 4.67. The predicted octanol–water partition coefficient (Wildman–Crippen LogP) is 0.625. The van der Waals surface area contributed by atoms with Gasteiger partial charge in [0.05, 0.1) is 12.0 Å². The molecule has 0 aliphatic heterocycles. The smallest absolute Gasteiger partial charge is 0.354 e. The number of rotatable bonds is 4. The minimum Gasteiger partial charge on any atom is -0.464 e. The first-order chi connectivity index (χ1) is 8.08. The zero-order chi connectivity index (χ0) is 12.8. The first-order valence-electron chi connectivity index (χ1n) is 4.67. The maximum absolute atomic E-state index is 11.2. The van der Waals surface area contributed by atoms with Crippen molar-refractivity contribution >= 4 is 17.4 Å². The summed E-state index contributed by atoms with van der Waals surface area (Å²) in [7, 11) is 1.23. The molecule has 7 heteroatoms. The van der Waals surface area contributed by atoms with E-state index in [1.54, 1.807) is 0 Å². The number of methoxy groups -OCH3 is 1. The average molecular weight is 237 g/mol. The first kappa shape index (κ1) is 12.6. The average Bonchev–Trinajstić information content (AvgIpc) is 2.35. The van der Waals surface area contributed by atoms with Gasteiger partial charge in [0.1, 0.15) is 5.71 Å². The van der Waals surface area contributed by atoms with Crippen molar-refractivity contribution in [3.8, 4) is 0 Å². The van der Waals surface area contributed by atoms with Gasteiger partial charge in [-0.1, -0.05) is 12.1 Å². The predicted molar refractivity (Wildman–Crippen MR) is 60.4 cm³/mol. The molecule has 0 unspecified atom stereocenters. The molecule has 1 aromatic rings. The molecule has 0 saturated carbocycles. The zero-order valence-corrected chi connectivity index (χ0v) is 9.12. The molecule has 0 amide bonds. The zero-order valence-electron chi connectivity index (χ0n) is 9.12. The van der Waals surface area contributed by atoms with Gasteiger partial charge < -0.3 is 10.6 Å². The lowest BCUT2D eigenvalue weighted by molar-refractivity contribution is -0.384. The van der Waals surface area contributed by atoms with E-state index in [1.165, 1.54) is 31.4 Å². The number of hydrazone groups is 1. The van der Waals surface area contributed by atoms with Crippen molar-refractivity contribution < 1.29 is 14.5 Å². The number of non-ortho nitro benzene ring substituents is 1. The van der Waals surface area contributed by atoms with E-state index in [0.717, 1.165) is 0 Å². The Morgan fingerprint density at radius 2 is 2.06 bits per heavy atom. The van der Waals surface area contributed by atoms with Crippen LogP contribution in [0.25, 0.3) is 0 Å². The monoisotopic (exact) mass is 237 g/mol. The number of nitrogens with zero attached hydrogens (tertiary/aromatic N) is 2. The lowest BCUT2D eigenvalue weighted by Gasteiger charge is -2.02. The topological polar surface area (TPSA) is 108 Å². The van der Waals surface area contributed by atoms with E-state index in [4.69, 9.17) is 5.84 Å². The fourth-order valence-corrected chi connectivity index (χ4v) is 1.22. The van der Waals surface area contributed by atoms with Crippen molar-refractivity contribution in [2.45, 2.75) is 6.42 Å². The summed E-state index contributed by atoms with van der Waals surface area (Å²) < 4.78 is 4.48. The molecule has 1 rings (SSSR count). The summed E-state index contributed by atoms with van der Waals surface area (Å²) in [5.41, 5.74) is 0.726. The van der Waals surface area contributed by atoms with E-state index in [2.05, 4.69) is 9.84 Å². The second kappa shape index (κ2) is 5.59. The molecule has 0 saturated heterocycles. The summed E-state index contributed by atoms with van der Waals surface area (Å²) in [4.78, 5) is 21.1. The van der Waals surface area contributed by atoms with Gasteiger partial charge in [0.15, 0.2) is 0 Å². The molecule has 0 aliphatic carbocycles. The molecule has 0 heterocycles. The highest BCUT2D eigenvalue weighted by atomic mass is 16.6. The number of hydrogen-bond acceptors (Lipinski definition) is 6. The van der Waals surface area contributed by atoms with Crippen LogP contribution < -0.4 is 5.84 Å². The lowest BCUT2D eigenvalue weighted by atomic mass is 10.1. The molecule has 0 spiro atoms. The minimum absolute atomic E-state index is 0.0157. The molecule has 0 aliphatic rings. The van der Waals surface area contributed by atoms with Crippen LogP contribution in [0.3, 0.4) is 0 Å². The van der Waals surface area contributed by atoms with Crippen LogP contribution in [-0.4, -0.2) is 23.7 Å². The third-order valence-corrected chi connectivity index (χ3v) is 2.10. The Kier molecular flexibility index (Phi) is 4.15. The van der Waals surface area contributed by atoms with E-state index in [9.17, 15) is 14.9 Å². The maximum atomic E-state index is 11.2. The van der Waals surface area contributed by atoms with Crippen LogP contribution in [0.2, 0.25) is 0 Å². The van der Waals surface area contributed by atoms with Crippen LogP contribution in [0.15, 0.2) is 29.4 Å². The molecular weight excluding hydrogens is 226 g/mol. The van der Waals surface area contributed by atoms with Crippen LogP contribution in [0.1, 0.15) is 5.56 Å². The van der Waals surface area contributed by atoms with Gasteiger partial charge in [-0.2, -0.15) is 5.10 Å². The fraction of sp³-hybridized carbons (Fsp3) is 0.200. The van der Waals surface area contributed by atoms with Crippen molar-refractivity contribution in [3.05, 3.63) is 39.9 Å². The number of nitrogens with two attached hydrogens (primary N) is 1. The van der Waals surface area contributed by atoms with Crippen molar-refractivity contribution in [2.24, 2.45) is 10.9 Å². The summed E-state index contributed by atoms with van der Waals surface area (Å²) in [6.45, 7) is 0. The SMILES string of the molecule is COC(=O)/C(Cc1ccc([N+](=O)[O-])cc1)=N\N. The van der Waals surface area contributed by atoms with Crippen LogP contribution in [-0.2, 0) is 16.0 Å². The van der Waals surface area contributed by atoms with Crippen molar-refractivity contribution in [1.82, 2.24) is 0 Å². The summed E-state index contributed by atoms with van der Waals surface area (Å²) in [6, 6.07) is 5.76. The summed E-state index contributed by atoms with van der Waals surface area (Å²) in [6.07, 6.45) is 0.168. The Morgan fingerprint density at radius 1 is 1.47 bits per heavy atom. The van der Waals surface area contributed by atoms with Crippen LogP contribution in [0.5, 0.6) is 0 Å². The lowest BCUT2D eigenvalue weighted by Crippen LogP contribution is -2.20. The molecule has 0 bridgehead atoms. The number of hydrogen-bond donors (Lipinski definition) is 1. The number of esters is 1. The van der Waals surface area contributed by atoms with Gasteiger partial charge in [-0.15, -0.1) is 0 Å². The second-order valence-corrected chi connectivity index (χ2v) is 3.17. The Labute approximate surface area is 97.0 Å². The molecule has 0 atom stereocenters. The highest BCUT2D eigenvalue weighted by Gasteiger charge is 2.13. The van der Waals surface area contributed by atoms with E-state index in [-0.39, 0.29) is 17.8 Å². The minimum atomic E-state index is -0.620. The Hall–Kier alpha value is -2.44. The molecule has 90 valence electrons. The van der Waals surface area contributed by atoms with Gasteiger partial charge >= 0.3 is 5.97 Å². The fourth-order valence-electron chi connectivity index (χ4n) is 1.22. The van der Waals surface area contributed by atoms with E-state index in [0.29, 0.717) is 5.56 Å². The number of nitro groups is 1.